The molecule has 8 nitrogen and oxygen atoms in total. The van der Waals surface area contributed by atoms with Crippen molar-refractivity contribution in [2.24, 2.45) is 5.73 Å². The van der Waals surface area contributed by atoms with Gasteiger partial charge in [-0.3, -0.25) is 9.59 Å². The normalized spacial score (nSPS) is 13.5. The van der Waals surface area contributed by atoms with Crippen molar-refractivity contribution in [2.75, 3.05) is 42.3 Å². The van der Waals surface area contributed by atoms with Crippen LogP contribution in [0.3, 0.4) is 0 Å². The van der Waals surface area contributed by atoms with Gasteiger partial charge in [0.1, 0.15) is 0 Å². The summed E-state index contributed by atoms with van der Waals surface area (Å²) < 4.78 is 11.6. The number of hydrogen-bond donors (Lipinski definition) is 3. The van der Waals surface area contributed by atoms with Gasteiger partial charge in [-0.1, -0.05) is 30.3 Å². The van der Waals surface area contributed by atoms with E-state index in [1.807, 2.05) is 74.5 Å². The molecule has 0 spiro atoms. The monoisotopic (exact) mass is 500 g/mol. The Morgan fingerprint density at radius 2 is 1.62 bits per heavy atom. The topological polar surface area (TPSA) is 106 Å². The molecule has 4 rings (SSSR count). The fraction of sp³-hybridized carbons (Fsp3) is 0.241. The lowest BCUT2D eigenvalue weighted by Crippen LogP contribution is -2.27. The minimum atomic E-state index is -0.221. The van der Waals surface area contributed by atoms with Crippen LogP contribution in [0, 0.1) is 0 Å². The third kappa shape index (κ3) is 5.59. The molecule has 1 heterocycles. The Hall–Kier alpha value is -4.30. The van der Waals surface area contributed by atoms with E-state index in [0.717, 1.165) is 22.5 Å². The van der Waals surface area contributed by atoms with Crippen molar-refractivity contribution in [2.45, 2.75) is 20.3 Å². The van der Waals surface area contributed by atoms with E-state index >= 15 is 0 Å². The fourth-order valence-electron chi connectivity index (χ4n) is 4.19. The molecular weight excluding hydrogens is 468 g/mol. The lowest BCUT2D eigenvalue weighted by atomic mass is 9.99. The number of benzene rings is 3. The van der Waals surface area contributed by atoms with Gasteiger partial charge in [-0.15, -0.1) is 0 Å². The van der Waals surface area contributed by atoms with Crippen LogP contribution in [-0.2, 0) is 9.59 Å². The molecule has 3 aromatic carbocycles. The number of anilines is 3. The molecule has 1 aliphatic heterocycles. The predicted octanol–water partition coefficient (Wildman–Crippen LogP) is 4.73. The molecule has 0 aliphatic carbocycles. The number of nitrogens with one attached hydrogen (secondary N) is 2. The number of amides is 2. The summed E-state index contributed by atoms with van der Waals surface area (Å²) in [6.07, 6.45) is 0.282. The Bertz CT molecular complexity index is 1300. The third-order valence-corrected chi connectivity index (χ3v) is 6.00. The van der Waals surface area contributed by atoms with Crippen molar-refractivity contribution < 1.29 is 19.1 Å². The van der Waals surface area contributed by atoms with E-state index in [1.54, 1.807) is 18.0 Å². The summed E-state index contributed by atoms with van der Waals surface area (Å²) in [5.41, 5.74) is 10.5. The highest BCUT2D eigenvalue weighted by Crippen LogP contribution is 2.43. The van der Waals surface area contributed by atoms with Crippen LogP contribution >= 0.6 is 0 Å². The maximum absolute atomic E-state index is 13.3. The average molecular weight is 501 g/mol. The molecule has 0 aromatic heterocycles. The molecule has 37 heavy (non-hydrogen) atoms. The summed E-state index contributed by atoms with van der Waals surface area (Å²) in [5.74, 6) is 0.897. The van der Waals surface area contributed by atoms with Crippen LogP contribution in [0.25, 0.3) is 11.3 Å². The second kappa shape index (κ2) is 11.6. The molecule has 0 saturated heterocycles. The van der Waals surface area contributed by atoms with Crippen LogP contribution in [-0.4, -0.2) is 38.6 Å². The number of carbonyl (C=O) groups excluding carboxylic acids is 2. The van der Waals surface area contributed by atoms with Gasteiger partial charge in [0.05, 0.1) is 30.2 Å². The second-order valence-corrected chi connectivity index (χ2v) is 8.44. The molecule has 4 N–H and O–H groups in total. The molecule has 0 saturated carbocycles. The largest absolute Gasteiger partial charge is 0.490 e. The van der Waals surface area contributed by atoms with Crippen LogP contribution in [0.1, 0.15) is 31.4 Å². The van der Waals surface area contributed by atoms with E-state index in [0.29, 0.717) is 48.2 Å². The summed E-state index contributed by atoms with van der Waals surface area (Å²) >= 11 is 0. The number of ether oxygens (including phenoxy) is 2. The van der Waals surface area contributed by atoms with Crippen LogP contribution in [0.4, 0.5) is 17.1 Å². The van der Waals surface area contributed by atoms with E-state index in [2.05, 4.69) is 10.6 Å². The lowest BCUT2D eigenvalue weighted by Gasteiger charge is -2.19. The van der Waals surface area contributed by atoms with Crippen molar-refractivity contribution in [3.05, 3.63) is 77.9 Å². The maximum atomic E-state index is 13.3. The summed E-state index contributed by atoms with van der Waals surface area (Å²) in [6, 6.07) is 20.8. The summed E-state index contributed by atoms with van der Waals surface area (Å²) in [7, 11) is 1.73. The first kappa shape index (κ1) is 25.8. The minimum absolute atomic E-state index is 0.0499. The summed E-state index contributed by atoms with van der Waals surface area (Å²) in [6.45, 7) is 5.07. The average Bonchev–Trinajstić information content (AvgIpc) is 3.22. The van der Waals surface area contributed by atoms with Gasteiger partial charge in [0.25, 0.3) is 5.91 Å². The SMILES string of the molecule is CCOc1cc2c(cc1OCC)/C(=C(/Nc1ccc(N(C)C(=O)CCN)cc1)c1ccccc1)C(=O)N2. The van der Waals surface area contributed by atoms with Crippen molar-refractivity contribution in [1.82, 2.24) is 0 Å². The molecule has 8 heteroatoms. The zero-order valence-corrected chi connectivity index (χ0v) is 21.3. The van der Waals surface area contributed by atoms with Crippen molar-refractivity contribution in [3.63, 3.8) is 0 Å². The second-order valence-electron chi connectivity index (χ2n) is 8.44. The summed E-state index contributed by atoms with van der Waals surface area (Å²) in [4.78, 5) is 27.1. The highest BCUT2D eigenvalue weighted by Gasteiger charge is 2.30. The molecule has 0 unspecified atom stereocenters. The van der Waals surface area contributed by atoms with Crippen LogP contribution in [0.15, 0.2) is 66.7 Å². The smallest absolute Gasteiger partial charge is 0.258 e. The molecule has 3 aromatic rings. The quantitative estimate of drug-likeness (QED) is 0.348. The number of carbonyl (C=O) groups is 2. The lowest BCUT2D eigenvalue weighted by molar-refractivity contribution is -0.118. The zero-order valence-electron chi connectivity index (χ0n) is 21.3. The molecule has 1 aliphatic rings. The van der Waals surface area contributed by atoms with Crippen LogP contribution < -0.4 is 30.7 Å². The number of fused-ring (bicyclic) bond motifs is 1. The zero-order chi connectivity index (χ0) is 26.4. The number of hydrogen-bond acceptors (Lipinski definition) is 6. The first-order chi connectivity index (χ1) is 18.0. The van der Waals surface area contributed by atoms with Gasteiger partial charge in [0, 0.05) is 43.0 Å². The number of rotatable bonds is 10. The third-order valence-electron chi connectivity index (χ3n) is 6.00. The Kier molecular flexibility index (Phi) is 8.10. The van der Waals surface area contributed by atoms with E-state index in [-0.39, 0.29) is 18.2 Å². The van der Waals surface area contributed by atoms with Gasteiger partial charge in [-0.25, -0.2) is 0 Å². The highest BCUT2D eigenvalue weighted by atomic mass is 16.5. The van der Waals surface area contributed by atoms with Crippen molar-refractivity contribution in [3.8, 4) is 11.5 Å². The first-order valence-corrected chi connectivity index (χ1v) is 12.4. The Balaban J connectivity index is 1.77. The summed E-state index contributed by atoms with van der Waals surface area (Å²) in [5, 5.41) is 6.42. The molecule has 2 amide bonds. The minimum Gasteiger partial charge on any atom is -0.490 e. The highest BCUT2D eigenvalue weighted by molar-refractivity contribution is 6.37. The van der Waals surface area contributed by atoms with Gasteiger partial charge < -0.3 is 30.7 Å². The predicted molar refractivity (Wildman–Crippen MR) is 148 cm³/mol. The van der Waals surface area contributed by atoms with Gasteiger partial charge in [0.15, 0.2) is 11.5 Å². The van der Waals surface area contributed by atoms with Crippen molar-refractivity contribution >= 4 is 40.1 Å². The molecule has 192 valence electrons. The standard InChI is InChI=1S/C29H32N4O4/c1-4-36-24-17-22-23(18-25(24)37-5-2)32-29(35)27(22)28(19-9-7-6-8-10-19)31-20-11-13-21(14-12-20)33(3)26(34)15-16-30/h6-14,17-18,31H,4-5,15-16,30H2,1-3H3,(H,32,35)/b28-27-. The Morgan fingerprint density at radius 3 is 2.24 bits per heavy atom. The van der Waals surface area contributed by atoms with E-state index in [1.165, 1.54) is 0 Å². The number of nitrogens with two attached hydrogens (primary N) is 1. The Labute approximate surface area is 217 Å². The molecule has 0 fully saturated rings. The van der Waals surface area contributed by atoms with Gasteiger partial charge in [-0.05, 0) is 49.7 Å². The van der Waals surface area contributed by atoms with Crippen LogP contribution in [0.5, 0.6) is 11.5 Å². The van der Waals surface area contributed by atoms with E-state index < -0.39 is 0 Å². The Morgan fingerprint density at radius 1 is 0.973 bits per heavy atom. The molecule has 0 atom stereocenters. The molecule has 0 bridgehead atoms. The van der Waals surface area contributed by atoms with E-state index in [9.17, 15) is 9.59 Å². The first-order valence-electron chi connectivity index (χ1n) is 12.4. The number of nitrogens with zero attached hydrogens (tertiary/aromatic N) is 1. The molecular formula is C29H32N4O4. The maximum Gasteiger partial charge on any atom is 0.258 e. The van der Waals surface area contributed by atoms with Gasteiger partial charge in [0.2, 0.25) is 5.91 Å². The fourth-order valence-corrected chi connectivity index (χ4v) is 4.19. The van der Waals surface area contributed by atoms with E-state index in [4.69, 9.17) is 15.2 Å². The molecule has 0 radical (unpaired) electrons. The van der Waals surface area contributed by atoms with Gasteiger partial charge >= 0.3 is 0 Å². The van der Waals surface area contributed by atoms with Gasteiger partial charge in [-0.2, -0.15) is 0 Å². The van der Waals surface area contributed by atoms with Crippen LogP contribution in [0.2, 0.25) is 0 Å². The van der Waals surface area contributed by atoms with Crippen molar-refractivity contribution in [1.29, 1.82) is 0 Å².